The highest BCUT2D eigenvalue weighted by Crippen LogP contribution is 2.35. The number of anilines is 1. The van der Waals surface area contributed by atoms with Crippen molar-refractivity contribution in [2.45, 2.75) is 0 Å². The molecule has 0 saturated carbocycles. The Bertz CT molecular complexity index is 1150. The van der Waals surface area contributed by atoms with Gasteiger partial charge in [-0.3, -0.25) is 4.79 Å². The molecule has 0 fully saturated rings. The van der Waals surface area contributed by atoms with Crippen LogP contribution in [0.3, 0.4) is 0 Å². The van der Waals surface area contributed by atoms with Gasteiger partial charge in [-0.1, -0.05) is 72.8 Å². The Hall–Kier alpha value is -3.70. The number of benzene rings is 3. The van der Waals surface area contributed by atoms with Gasteiger partial charge in [-0.2, -0.15) is 0 Å². The summed E-state index contributed by atoms with van der Waals surface area (Å²) < 4.78 is 0. The predicted octanol–water partition coefficient (Wildman–Crippen LogP) is 6.03. The van der Waals surface area contributed by atoms with E-state index >= 15 is 0 Å². The van der Waals surface area contributed by atoms with Gasteiger partial charge in [0, 0.05) is 16.5 Å². The highest BCUT2D eigenvalue weighted by molar-refractivity contribution is 7.15. The van der Waals surface area contributed by atoms with Crippen LogP contribution in [0.1, 0.15) is 20.7 Å². The largest absolute Gasteiger partial charge is 0.478 e. The SMILES string of the molecule is O=C(Nc1scc(-c2ccccc2)c1C(=O)O)c1ccc(-c2ccccc2)cc1. The van der Waals surface area contributed by atoms with E-state index in [1.54, 1.807) is 17.5 Å². The van der Waals surface area contributed by atoms with Gasteiger partial charge in [0.05, 0.1) is 0 Å². The zero-order valence-corrected chi connectivity index (χ0v) is 16.1. The third kappa shape index (κ3) is 3.95. The van der Waals surface area contributed by atoms with Crippen molar-refractivity contribution in [1.82, 2.24) is 0 Å². The van der Waals surface area contributed by atoms with Crippen LogP contribution in [-0.2, 0) is 0 Å². The van der Waals surface area contributed by atoms with E-state index in [1.807, 2.05) is 72.8 Å². The minimum Gasteiger partial charge on any atom is -0.478 e. The van der Waals surface area contributed by atoms with Gasteiger partial charge in [-0.05, 0) is 28.8 Å². The maximum atomic E-state index is 12.7. The molecule has 0 aliphatic carbocycles. The van der Waals surface area contributed by atoms with Gasteiger partial charge in [0.2, 0.25) is 0 Å². The number of rotatable bonds is 5. The fraction of sp³-hybridized carbons (Fsp3) is 0. The van der Waals surface area contributed by atoms with Crippen molar-refractivity contribution >= 4 is 28.2 Å². The maximum absolute atomic E-state index is 12.7. The zero-order chi connectivity index (χ0) is 20.2. The topological polar surface area (TPSA) is 66.4 Å². The van der Waals surface area contributed by atoms with Crippen molar-refractivity contribution in [1.29, 1.82) is 0 Å². The third-order valence-electron chi connectivity index (χ3n) is 4.57. The van der Waals surface area contributed by atoms with Crippen LogP contribution in [0.5, 0.6) is 0 Å². The average molecular weight is 399 g/mol. The molecule has 3 aromatic carbocycles. The van der Waals surface area contributed by atoms with Gasteiger partial charge >= 0.3 is 5.97 Å². The van der Waals surface area contributed by atoms with Crippen LogP contribution in [0.25, 0.3) is 22.3 Å². The summed E-state index contributed by atoms with van der Waals surface area (Å²) in [5.41, 5.74) is 4.05. The van der Waals surface area contributed by atoms with E-state index in [9.17, 15) is 14.7 Å². The van der Waals surface area contributed by atoms with Crippen molar-refractivity contribution in [2.75, 3.05) is 5.32 Å². The Balaban J connectivity index is 1.59. The molecule has 0 aliphatic heterocycles. The van der Waals surface area contributed by atoms with E-state index < -0.39 is 5.97 Å². The number of aromatic carboxylic acids is 1. The lowest BCUT2D eigenvalue weighted by atomic mass is 10.0. The second-order valence-corrected chi connectivity index (χ2v) is 7.30. The molecule has 142 valence electrons. The summed E-state index contributed by atoms with van der Waals surface area (Å²) in [6.07, 6.45) is 0. The monoisotopic (exact) mass is 399 g/mol. The number of hydrogen-bond acceptors (Lipinski definition) is 3. The number of nitrogens with one attached hydrogen (secondary N) is 1. The molecular formula is C24H17NO3S. The first-order chi connectivity index (χ1) is 14.1. The van der Waals surface area contributed by atoms with Crippen LogP contribution < -0.4 is 5.32 Å². The van der Waals surface area contributed by atoms with Gasteiger partial charge in [0.15, 0.2) is 0 Å². The molecule has 0 spiro atoms. The summed E-state index contributed by atoms with van der Waals surface area (Å²) >= 11 is 1.21. The second kappa shape index (κ2) is 8.12. The van der Waals surface area contributed by atoms with Gasteiger partial charge in [-0.15, -0.1) is 11.3 Å². The van der Waals surface area contributed by atoms with Crippen molar-refractivity contribution in [3.8, 4) is 22.3 Å². The maximum Gasteiger partial charge on any atom is 0.339 e. The van der Waals surface area contributed by atoms with Crippen LogP contribution in [0.4, 0.5) is 5.00 Å². The Labute approximate surface area is 172 Å². The number of amides is 1. The van der Waals surface area contributed by atoms with E-state index in [4.69, 9.17) is 0 Å². The lowest BCUT2D eigenvalue weighted by Gasteiger charge is -2.07. The molecule has 0 aliphatic rings. The van der Waals surface area contributed by atoms with E-state index in [1.165, 1.54) is 11.3 Å². The van der Waals surface area contributed by atoms with Crippen LogP contribution in [-0.4, -0.2) is 17.0 Å². The molecule has 2 N–H and O–H groups in total. The highest BCUT2D eigenvalue weighted by Gasteiger charge is 2.21. The molecular weight excluding hydrogens is 382 g/mol. The van der Waals surface area contributed by atoms with Crippen molar-refractivity contribution in [3.05, 3.63) is 101 Å². The summed E-state index contributed by atoms with van der Waals surface area (Å²) in [4.78, 5) is 24.5. The van der Waals surface area contributed by atoms with Gasteiger partial charge < -0.3 is 10.4 Å². The first-order valence-electron chi connectivity index (χ1n) is 9.00. The number of carbonyl (C=O) groups is 2. The Morgan fingerprint density at radius 3 is 1.86 bits per heavy atom. The fourth-order valence-electron chi connectivity index (χ4n) is 3.11. The molecule has 4 nitrogen and oxygen atoms in total. The smallest absolute Gasteiger partial charge is 0.339 e. The molecule has 0 saturated heterocycles. The number of carbonyl (C=O) groups excluding carboxylic acids is 1. The molecule has 4 aromatic rings. The van der Waals surface area contributed by atoms with Crippen molar-refractivity contribution < 1.29 is 14.7 Å². The minimum absolute atomic E-state index is 0.107. The lowest BCUT2D eigenvalue weighted by molar-refractivity contribution is 0.0699. The summed E-state index contributed by atoms with van der Waals surface area (Å²) in [7, 11) is 0. The zero-order valence-electron chi connectivity index (χ0n) is 15.3. The van der Waals surface area contributed by atoms with Crippen LogP contribution in [0.2, 0.25) is 0 Å². The van der Waals surface area contributed by atoms with E-state index in [-0.39, 0.29) is 11.5 Å². The summed E-state index contributed by atoms with van der Waals surface area (Å²) in [6.45, 7) is 0. The summed E-state index contributed by atoms with van der Waals surface area (Å²) in [6, 6.07) is 26.4. The lowest BCUT2D eigenvalue weighted by Crippen LogP contribution is -2.13. The van der Waals surface area contributed by atoms with Crippen LogP contribution in [0.15, 0.2) is 90.3 Å². The van der Waals surface area contributed by atoms with Gasteiger partial charge in [0.1, 0.15) is 10.6 Å². The molecule has 4 rings (SSSR count). The first kappa shape index (κ1) is 18.7. The van der Waals surface area contributed by atoms with Gasteiger partial charge in [0.25, 0.3) is 5.91 Å². The molecule has 1 aromatic heterocycles. The number of carboxylic acids is 1. The number of carboxylic acid groups (broad SMARTS) is 1. The molecule has 5 heteroatoms. The van der Waals surface area contributed by atoms with Crippen molar-refractivity contribution in [3.63, 3.8) is 0 Å². The molecule has 0 atom stereocenters. The molecule has 1 heterocycles. The third-order valence-corrected chi connectivity index (χ3v) is 5.47. The van der Waals surface area contributed by atoms with Crippen molar-refractivity contribution in [2.24, 2.45) is 0 Å². The van der Waals surface area contributed by atoms with Crippen LogP contribution >= 0.6 is 11.3 Å². The quantitative estimate of drug-likeness (QED) is 0.430. The predicted molar refractivity (Wildman–Crippen MR) is 117 cm³/mol. The van der Waals surface area contributed by atoms with Crippen LogP contribution in [0, 0.1) is 0 Å². The fourth-order valence-corrected chi connectivity index (χ4v) is 4.07. The minimum atomic E-state index is -1.07. The van der Waals surface area contributed by atoms with E-state index in [0.29, 0.717) is 16.1 Å². The second-order valence-electron chi connectivity index (χ2n) is 6.42. The molecule has 1 amide bonds. The summed E-state index contributed by atoms with van der Waals surface area (Å²) in [5, 5.41) is 14.5. The Kier molecular flexibility index (Phi) is 5.22. The molecule has 29 heavy (non-hydrogen) atoms. The average Bonchev–Trinajstić information content (AvgIpc) is 3.19. The highest BCUT2D eigenvalue weighted by atomic mass is 32.1. The summed E-state index contributed by atoms with van der Waals surface area (Å²) in [5.74, 6) is -1.41. The van der Waals surface area contributed by atoms with Gasteiger partial charge in [-0.25, -0.2) is 4.79 Å². The normalized spacial score (nSPS) is 10.5. The number of hydrogen-bond donors (Lipinski definition) is 2. The Morgan fingerprint density at radius 2 is 1.28 bits per heavy atom. The standard InChI is InChI=1S/C24H17NO3S/c26-22(19-13-11-17(12-14-19)16-7-3-1-4-8-16)25-23-21(24(27)28)20(15-29-23)18-9-5-2-6-10-18/h1-15H,(H,25,26)(H,27,28). The first-order valence-corrected chi connectivity index (χ1v) is 9.88. The van der Waals surface area contributed by atoms with E-state index in [2.05, 4.69) is 5.32 Å². The molecule has 0 unspecified atom stereocenters. The Morgan fingerprint density at radius 1 is 0.724 bits per heavy atom. The van der Waals surface area contributed by atoms with E-state index in [0.717, 1.165) is 16.7 Å². The number of thiophene rings is 1. The molecule has 0 radical (unpaired) electrons. The molecule has 0 bridgehead atoms.